The standard InChI is InChI=1S/C17H29NO13/c1-5-10(23)12(25)13(26)15(29-5)30-16(27)17(28)3-7(21)9(18-6(2)20)14(31-17)11(24)8(22)4-19/h5,7-15,19,21-26,28H,3-4H2,1-2H3,(H,18,20)/t5-,7+,8-,9-,10+,11-,12+,13-,14-,15?,17+/m1/s1. The van der Waals surface area contributed by atoms with Crippen LogP contribution in [0.25, 0.3) is 0 Å². The molecule has 2 aliphatic rings. The molecule has 0 aromatic carbocycles. The molecule has 2 heterocycles. The Labute approximate surface area is 176 Å². The van der Waals surface area contributed by atoms with Crippen molar-refractivity contribution in [1.82, 2.24) is 5.32 Å². The van der Waals surface area contributed by atoms with Gasteiger partial charge in [-0.25, -0.2) is 4.79 Å². The Bertz CT molecular complexity index is 650. The van der Waals surface area contributed by atoms with Crippen molar-refractivity contribution in [3.8, 4) is 0 Å². The van der Waals surface area contributed by atoms with Crippen LogP contribution in [0.5, 0.6) is 0 Å². The fourth-order valence-corrected chi connectivity index (χ4v) is 3.44. The molecule has 1 amide bonds. The van der Waals surface area contributed by atoms with Crippen LogP contribution < -0.4 is 5.32 Å². The monoisotopic (exact) mass is 455 g/mol. The van der Waals surface area contributed by atoms with E-state index < -0.39 is 91.9 Å². The number of carbonyl (C=O) groups is 2. The van der Waals surface area contributed by atoms with E-state index in [0.717, 1.165) is 6.92 Å². The number of aliphatic hydroxyl groups is 8. The number of amides is 1. The van der Waals surface area contributed by atoms with Crippen LogP contribution in [0.4, 0.5) is 0 Å². The van der Waals surface area contributed by atoms with Crippen LogP contribution in [0.1, 0.15) is 20.3 Å². The number of hydrogen-bond acceptors (Lipinski definition) is 13. The third-order valence-electron chi connectivity index (χ3n) is 5.22. The Hall–Kier alpha value is -1.46. The first-order valence-electron chi connectivity index (χ1n) is 9.55. The third kappa shape index (κ3) is 5.48. The van der Waals surface area contributed by atoms with E-state index in [2.05, 4.69) is 5.32 Å². The van der Waals surface area contributed by atoms with Gasteiger partial charge in [-0.05, 0) is 6.92 Å². The smallest absolute Gasteiger partial charge is 0.369 e. The van der Waals surface area contributed by atoms with Crippen molar-refractivity contribution in [2.24, 2.45) is 0 Å². The van der Waals surface area contributed by atoms with Gasteiger partial charge in [-0.3, -0.25) is 4.79 Å². The lowest BCUT2D eigenvalue weighted by Gasteiger charge is -2.46. The van der Waals surface area contributed by atoms with Crippen LogP contribution >= 0.6 is 0 Å². The lowest BCUT2D eigenvalue weighted by Crippen LogP contribution is -2.68. The number of esters is 1. The first kappa shape index (κ1) is 25.8. The molecule has 0 spiro atoms. The van der Waals surface area contributed by atoms with Gasteiger partial charge in [-0.1, -0.05) is 0 Å². The van der Waals surface area contributed by atoms with Crippen molar-refractivity contribution < 1.29 is 64.7 Å². The third-order valence-corrected chi connectivity index (χ3v) is 5.22. The highest BCUT2D eigenvalue weighted by Crippen LogP contribution is 2.32. The van der Waals surface area contributed by atoms with Gasteiger partial charge in [-0.2, -0.15) is 0 Å². The highest BCUT2D eigenvalue weighted by molar-refractivity contribution is 5.78. The average Bonchev–Trinajstić information content (AvgIpc) is 2.70. The maximum absolute atomic E-state index is 12.6. The highest BCUT2D eigenvalue weighted by Gasteiger charge is 2.56. The second kappa shape index (κ2) is 9.99. The molecule has 1 unspecified atom stereocenters. The lowest BCUT2D eigenvalue weighted by molar-refractivity contribution is -0.323. The van der Waals surface area contributed by atoms with Crippen LogP contribution in [0, 0.1) is 0 Å². The summed E-state index contributed by atoms with van der Waals surface area (Å²) in [6, 6.07) is -1.38. The Kier molecular flexibility index (Phi) is 8.32. The van der Waals surface area contributed by atoms with Crippen molar-refractivity contribution in [2.75, 3.05) is 6.61 Å². The number of ether oxygens (including phenoxy) is 3. The Morgan fingerprint density at radius 1 is 1.16 bits per heavy atom. The van der Waals surface area contributed by atoms with Crippen LogP contribution in [0.15, 0.2) is 0 Å². The zero-order valence-electron chi connectivity index (χ0n) is 16.8. The minimum absolute atomic E-state index is 0.656. The molecule has 11 atom stereocenters. The van der Waals surface area contributed by atoms with E-state index in [4.69, 9.17) is 19.3 Å². The van der Waals surface area contributed by atoms with Gasteiger partial charge in [0, 0.05) is 13.3 Å². The van der Waals surface area contributed by atoms with Crippen LogP contribution in [-0.4, -0.2) is 126 Å². The van der Waals surface area contributed by atoms with Crippen molar-refractivity contribution >= 4 is 11.9 Å². The summed E-state index contributed by atoms with van der Waals surface area (Å²) in [7, 11) is 0. The van der Waals surface area contributed by atoms with Gasteiger partial charge >= 0.3 is 5.97 Å². The fourth-order valence-electron chi connectivity index (χ4n) is 3.44. The van der Waals surface area contributed by atoms with E-state index in [0.29, 0.717) is 0 Å². The molecule has 2 aliphatic heterocycles. The van der Waals surface area contributed by atoms with Gasteiger partial charge in [-0.15, -0.1) is 0 Å². The predicted octanol–water partition coefficient (Wildman–Crippen LogP) is -5.59. The zero-order valence-corrected chi connectivity index (χ0v) is 16.8. The minimum atomic E-state index is -2.93. The SMILES string of the molecule is CC(=O)N[C@H]1[C@H]([C@H](O)[C@H](O)CO)O[C@](O)(C(=O)OC2O[C@H](C)[C@H](O)[C@H](O)[C@H]2O)C[C@@H]1O. The summed E-state index contributed by atoms with van der Waals surface area (Å²) in [4.78, 5) is 24.0. The number of aliphatic hydroxyl groups excluding tert-OH is 7. The lowest BCUT2D eigenvalue weighted by atomic mass is 9.88. The zero-order chi connectivity index (χ0) is 23.7. The molecule has 0 bridgehead atoms. The minimum Gasteiger partial charge on any atom is -0.429 e. The van der Waals surface area contributed by atoms with Gasteiger partial charge in [0.15, 0.2) is 0 Å². The summed E-state index contributed by atoms with van der Waals surface area (Å²) in [5.74, 6) is -5.16. The maximum Gasteiger partial charge on any atom is 0.369 e. The maximum atomic E-state index is 12.6. The molecule has 0 aromatic rings. The number of hydrogen-bond donors (Lipinski definition) is 9. The van der Waals surface area contributed by atoms with Gasteiger partial charge in [0.2, 0.25) is 12.2 Å². The fraction of sp³-hybridized carbons (Fsp3) is 0.882. The quantitative estimate of drug-likeness (QED) is 0.170. The van der Waals surface area contributed by atoms with E-state index >= 15 is 0 Å². The Balaban J connectivity index is 2.22. The first-order chi connectivity index (χ1) is 14.3. The predicted molar refractivity (Wildman–Crippen MR) is 95.6 cm³/mol. The molecular formula is C17H29NO13. The summed E-state index contributed by atoms with van der Waals surface area (Å²) in [5.41, 5.74) is 0. The summed E-state index contributed by atoms with van der Waals surface area (Å²) in [6.07, 6.45) is -16.0. The van der Waals surface area contributed by atoms with Crippen LogP contribution in [0.3, 0.4) is 0 Å². The first-order valence-corrected chi connectivity index (χ1v) is 9.55. The summed E-state index contributed by atoms with van der Waals surface area (Å²) in [6.45, 7) is 1.49. The summed E-state index contributed by atoms with van der Waals surface area (Å²) >= 11 is 0. The molecule has 0 aliphatic carbocycles. The van der Waals surface area contributed by atoms with Crippen LogP contribution in [-0.2, 0) is 23.8 Å². The average molecular weight is 455 g/mol. The van der Waals surface area contributed by atoms with E-state index in [1.807, 2.05) is 0 Å². The molecule has 2 fully saturated rings. The molecule has 0 saturated carbocycles. The number of rotatable bonds is 6. The molecule has 9 N–H and O–H groups in total. The molecule has 180 valence electrons. The molecule has 2 saturated heterocycles. The van der Waals surface area contributed by atoms with Gasteiger partial charge in [0.05, 0.1) is 24.9 Å². The molecule has 31 heavy (non-hydrogen) atoms. The van der Waals surface area contributed by atoms with Gasteiger partial charge < -0.3 is 60.4 Å². The van der Waals surface area contributed by atoms with Gasteiger partial charge in [0.1, 0.15) is 36.6 Å². The highest BCUT2D eigenvalue weighted by atomic mass is 16.7. The van der Waals surface area contributed by atoms with Crippen LogP contribution in [0.2, 0.25) is 0 Å². The molecule has 2 rings (SSSR count). The van der Waals surface area contributed by atoms with Crippen molar-refractivity contribution in [1.29, 1.82) is 0 Å². The van der Waals surface area contributed by atoms with E-state index in [1.54, 1.807) is 0 Å². The van der Waals surface area contributed by atoms with Crippen molar-refractivity contribution in [3.63, 3.8) is 0 Å². The Morgan fingerprint density at radius 3 is 2.32 bits per heavy atom. The van der Waals surface area contributed by atoms with E-state index in [-0.39, 0.29) is 0 Å². The molecule has 0 aromatic heterocycles. The summed E-state index contributed by atoms with van der Waals surface area (Å²) in [5, 5.41) is 81.8. The number of nitrogens with one attached hydrogen (secondary N) is 1. The van der Waals surface area contributed by atoms with Crippen molar-refractivity contribution in [3.05, 3.63) is 0 Å². The molecule has 14 nitrogen and oxygen atoms in total. The Morgan fingerprint density at radius 2 is 1.77 bits per heavy atom. The van der Waals surface area contributed by atoms with E-state index in [1.165, 1.54) is 6.92 Å². The summed E-state index contributed by atoms with van der Waals surface area (Å²) < 4.78 is 15.2. The topological polar surface area (TPSA) is 236 Å². The number of carbonyl (C=O) groups excluding carboxylic acids is 2. The van der Waals surface area contributed by atoms with Crippen molar-refractivity contribution in [2.45, 2.75) is 87.2 Å². The second-order valence-corrected chi connectivity index (χ2v) is 7.69. The van der Waals surface area contributed by atoms with Gasteiger partial charge in [0.25, 0.3) is 5.79 Å². The van der Waals surface area contributed by atoms with E-state index in [9.17, 15) is 45.3 Å². The molecule has 0 radical (unpaired) electrons. The molecule has 14 heteroatoms. The largest absolute Gasteiger partial charge is 0.429 e. The second-order valence-electron chi connectivity index (χ2n) is 7.69. The molecular weight excluding hydrogens is 426 g/mol. The normalized spacial score (nSPS) is 43.0.